The van der Waals surface area contributed by atoms with Gasteiger partial charge in [-0.25, -0.2) is 0 Å². The molecule has 0 spiro atoms. The summed E-state index contributed by atoms with van der Waals surface area (Å²) >= 11 is 0. The molecule has 0 aromatic rings. The van der Waals surface area contributed by atoms with Crippen LogP contribution in [0.2, 0.25) is 0 Å². The van der Waals surface area contributed by atoms with Gasteiger partial charge in [-0.1, -0.05) is 0 Å². The van der Waals surface area contributed by atoms with Crippen LogP contribution < -0.4 is 0 Å². The van der Waals surface area contributed by atoms with Crippen LogP contribution in [0.15, 0.2) is 0 Å². The fourth-order valence-corrected chi connectivity index (χ4v) is 1.48. The van der Waals surface area contributed by atoms with E-state index >= 15 is 0 Å². The third kappa shape index (κ3) is 1.60. The van der Waals surface area contributed by atoms with E-state index in [0.29, 0.717) is 0 Å². The van der Waals surface area contributed by atoms with Crippen molar-refractivity contribution in [1.29, 1.82) is 0 Å². The van der Waals surface area contributed by atoms with Crippen LogP contribution in [0.25, 0.3) is 0 Å². The Morgan fingerprint density at radius 1 is 0.917 bits per heavy atom. The first kappa shape index (κ1) is 9.88. The van der Waals surface area contributed by atoms with Gasteiger partial charge in [-0.15, -0.1) is 0 Å². The maximum absolute atomic E-state index is 9.24. The van der Waals surface area contributed by atoms with Gasteiger partial charge in [0, 0.05) is 12.5 Å². The highest BCUT2D eigenvalue weighted by molar-refractivity contribution is 4.91. The Hall–Kier alpha value is -0.200. The van der Waals surface area contributed by atoms with Gasteiger partial charge in [-0.2, -0.15) is 0 Å². The Morgan fingerprint density at radius 3 is 2.00 bits per heavy atom. The van der Waals surface area contributed by atoms with E-state index in [1.54, 1.807) is 0 Å². The molecule has 5 heteroatoms. The number of rotatable bonds is 1. The van der Waals surface area contributed by atoms with Crippen LogP contribution in [0.3, 0.4) is 0 Å². The zero-order valence-corrected chi connectivity index (χ0v) is 6.54. The van der Waals surface area contributed by atoms with Gasteiger partial charge in [0.05, 0.1) is 12.2 Å². The second-order valence-corrected chi connectivity index (χ2v) is 3.22. The van der Waals surface area contributed by atoms with E-state index < -0.39 is 30.3 Å². The first-order valence-electron chi connectivity index (χ1n) is 3.91. The maximum atomic E-state index is 9.24. The van der Waals surface area contributed by atoms with Crippen molar-refractivity contribution >= 4 is 0 Å². The van der Waals surface area contributed by atoms with E-state index in [0.717, 1.165) is 0 Å². The minimum atomic E-state index is -1.37. The summed E-state index contributed by atoms with van der Waals surface area (Å²) in [7, 11) is 0. The van der Waals surface area contributed by atoms with Crippen molar-refractivity contribution in [2.75, 3.05) is 6.61 Å². The van der Waals surface area contributed by atoms with E-state index in [2.05, 4.69) is 0 Å². The first-order valence-corrected chi connectivity index (χ1v) is 3.91. The lowest BCUT2D eigenvalue weighted by molar-refractivity contribution is -0.163. The molecule has 0 unspecified atom stereocenters. The van der Waals surface area contributed by atoms with Crippen LogP contribution in [0.5, 0.6) is 0 Å². The molecule has 0 aromatic carbocycles. The van der Waals surface area contributed by atoms with E-state index in [9.17, 15) is 5.11 Å². The second kappa shape index (κ2) is 3.68. The zero-order chi connectivity index (χ0) is 9.30. The third-order valence-corrected chi connectivity index (χ3v) is 2.36. The fourth-order valence-electron chi connectivity index (χ4n) is 1.48. The van der Waals surface area contributed by atoms with Gasteiger partial charge < -0.3 is 25.5 Å². The molecule has 72 valence electrons. The molecule has 0 radical (unpaired) electrons. The Bertz CT molecular complexity index is 146. The standard InChI is InChI=1S/C7H14O5/c8-2-3-1-4(9)6(11)7(12)5(3)10/h3-12H,1-2H2/t3-,4+,5+,6+,7+/m1/s1. The monoisotopic (exact) mass is 178 g/mol. The smallest absolute Gasteiger partial charge is 0.109 e. The Labute approximate surface area is 69.9 Å². The second-order valence-electron chi connectivity index (χ2n) is 3.22. The van der Waals surface area contributed by atoms with E-state index in [-0.39, 0.29) is 13.0 Å². The predicted octanol–water partition coefficient (Wildman–Crippen LogP) is -2.56. The van der Waals surface area contributed by atoms with Crippen LogP contribution >= 0.6 is 0 Å². The number of aliphatic hydroxyl groups is 5. The van der Waals surface area contributed by atoms with Gasteiger partial charge in [0.15, 0.2) is 0 Å². The highest BCUT2D eigenvalue weighted by atomic mass is 16.4. The highest BCUT2D eigenvalue weighted by Crippen LogP contribution is 2.25. The van der Waals surface area contributed by atoms with Crippen LogP contribution in [0.1, 0.15) is 6.42 Å². The average molecular weight is 178 g/mol. The van der Waals surface area contributed by atoms with Gasteiger partial charge >= 0.3 is 0 Å². The summed E-state index contributed by atoms with van der Waals surface area (Å²) in [4.78, 5) is 0. The van der Waals surface area contributed by atoms with Crippen LogP contribution in [0, 0.1) is 5.92 Å². The van der Waals surface area contributed by atoms with Crippen molar-refractivity contribution in [2.45, 2.75) is 30.8 Å². The quantitative estimate of drug-likeness (QED) is 0.304. The van der Waals surface area contributed by atoms with Crippen LogP contribution in [-0.2, 0) is 0 Å². The normalized spacial score (nSPS) is 49.2. The Morgan fingerprint density at radius 2 is 1.50 bits per heavy atom. The molecular weight excluding hydrogens is 164 g/mol. The fraction of sp³-hybridized carbons (Fsp3) is 1.00. The van der Waals surface area contributed by atoms with Crippen molar-refractivity contribution < 1.29 is 25.5 Å². The van der Waals surface area contributed by atoms with Crippen molar-refractivity contribution in [3.05, 3.63) is 0 Å². The van der Waals surface area contributed by atoms with Crippen molar-refractivity contribution in [3.63, 3.8) is 0 Å². The summed E-state index contributed by atoms with van der Waals surface area (Å²) in [5.74, 6) is -0.557. The molecule has 5 N–H and O–H groups in total. The summed E-state index contributed by atoms with van der Waals surface area (Å²) in [5, 5.41) is 45.3. The van der Waals surface area contributed by atoms with Gasteiger partial charge in [0.1, 0.15) is 12.2 Å². The van der Waals surface area contributed by atoms with Gasteiger partial charge in [-0.3, -0.25) is 0 Å². The van der Waals surface area contributed by atoms with E-state index in [1.807, 2.05) is 0 Å². The lowest BCUT2D eigenvalue weighted by Crippen LogP contribution is -2.54. The van der Waals surface area contributed by atoms with Crippen molar-refractivity contribution in [3.8, 4) is 0 Å². The first-order chi connectivity index (χ1) is 5.57. The van der Waals surface area contributed by atoms with Crippen molar-refractivity contribution in [2.24, 2.45) is 5.92 Å². The minimum Gasteiger partial charge on any atom is -0.396 e. The minimum absolute atomic E-state index is 0.107. The van der Waals surface area contributed by atoms with Gasteiger partial charge in [0.2, 0.25) is 0 Å². The van der Waals surface area contributed by atoms with Crippen LogP contribution in [0.4, 0.5) is 0 Å². The topological polar surface area (TPSA) is 101 Å². The summed E-state index contributed by atoms with van der Waals surface area (Å²) < 4.78 is 0. The average Bonchev–Trinajstić information content (AvgIpc) is 2.08. The van der Waals surface area contributed by atoms with Gasteiger partial charge in [0.25, 0.3) is 0 Å². The zero-order valence-electron chi connectivity index (χ0n) is 6.54. The summed E-state index contributed by atoms with van der Waals surface area (Å²) in [6.45, 7) is -0.304. The molecule has 0 bridgehead atoms. The molecule has 0 saturated heterocycles. The molecule has 0 heterocycles. The largest absolute Gasteiger partial charge is 0.396 e. The lowest BCUT2D eigenvalue weighted by Gasteiger charge is -2.37. The molecule has 1 aliphatic rings. The molecule has 12 heavy (non-hydrogen) atoms. The Kier molecular flexibility index (Phi) is 3.03. The SMILES string of the molecule is OC[C@H]1C[C@H](O)[C@H](O)[C@@H](O)[C@H]1O. The van der Waals surface area contributed by atoms with Crippen LogP contribution in [-0.4, -0.2) is 56.6 Å². The van der Waals surface area contributed by atoms with Crippen molar-refractivity contribution in [1.82, 2.24) is 0 Å². The summed E-state index contributed by atoms with van der Waals surface area (Å²) in [5.41, 5.74) is 0. The summed E-state index contributed by atoms with van der Waals surface area (Å²) in [6.07, 6.45) is -4.81. The molecule has 1 fully saturated rings. The maximum Gasteiger partial charge on any atom is 0.109 e. The number of hydrogen-bond acceptors (Lipinski definition) is 5. The highest BCUT2D eigenvalue weighted by Gasteiger charge is 2.41. The lowest BCUT2D eigenvalue weighted by atomic mass is 9.81. The van der Waals surface area contributed by atoms with E-state index in [1.165, 1.54) is 0 Å². The number of hydrogen-bond donors (Lipinski definition) is 5. The predicted molar refractivity (Wildman–Crippen MR) is 39.2 cm³/mol. The molecule has 0 aromatic heterocycles. The van der Waals surface area contributed by atoms with Gasteiger partial charge in [-0.05, 0) is 6.42 Å². The third-order valence-electron chi connectivity index (χ3n) is 2.36. The molecule has 5 nitrogen and oxygen atoms in total. The summed E-state index contributed by atoms with van der Waals surface area (Å²) in [6, 6.07) is 0. The molecule has 1 rings (SSSR count). The van der Waals surface area contributed by atoms with E-state index in [4.69, 9.17) is 20.4 Å². The Balaban J connectivity index is 2.63. The molecule has 1 aliphatic carbocycles. The number of aliphatic hydroxyl groups excluding tert-OH is 5. The molecule has 1 saturated carbocycles. The molecule has 5 atom stereocenters. The molecule has 0 aliphatic heterocycles. The molecule has 0 amide bonds. The molecular formula is C7H14O5.